The van der Waals surface area contributed by atoms with Crippen LogP contribution >= 0.6 is 0 Å². The van der Waals surface area contributed by atoms with Gasteiger partial charge in [0.1, 0.15) is 0 Å². The van der Waals surface area contributed by atoms with Crippen LogP contribution in [0.15, 0.2) is 35.9 Å². The second-order valence-corrected chi connectivity index (χ2v) is 6.18. The molecule has 1 atom stereocenters. The van der Waals surface area contributed by atoms with Gasteiger partial charge in [-0.1, -0.05) is 87.4 Å². The van der Waals surface area contributed by atoms with Crippen LogP contribution in [0.1, 0.15) is 70.3 Å². The van der Waals surface area contributed by atoms with E-state index in [1.54, 1.807) is 5.57 Å². The maximum absolute atomic E-state index is 2.44. The first-order valence-corrected chi connectivity index (χ1v) is 8.09. The molecule has 0 spiro atoms. The summed E-state index contributed by atoms with van der Waals surface area (Å²) in [7, 11) is 0. The van der Waals surface area contributed by atoms with Crippen molar-refractivity contribution < 1.29 is 0 Å². The number of hydrogen-bond donors (Lipinski definition) is 0. The molecule has 1 unspecified atom stereocenters. The molecule has 0 amide bonds. The number of benzene rings is 1. The van der Waals surface area contributed by atoms with E-state index in [9.17, 15) is 0 Å². The molecule has 0 N–H and O–H groups in total. The van der Waals surface area contributed by atoms with Crippen LogP contribution in [-0.4, -0.2) is 0 Å². The van der Waals surface area contributed by atoms with Gasteiger partial charge >= 0.3 is 0 Å². The predicted molar refractivity (Wildman–Crippen MR) is 85.1 cm³/mol. The minimum Gasteiger partial charge on any atom is -0.0694 e. The molecule has 1 fully saturated rings. The zero-order chi connectivity index (χ0) is 13.3. The third kappa shape index (κ3) is 5.63. The van der Waals surface area contributed by atoms with Crippen molar-refractivity contribution in [3.8, 4) is 0 Å². The topological polar surface area (TPSA) is 0 Å². The normalized spacial score (nSPS) is 24.9. The fourth-order valence-electron chi connectivity index (χ4n) is 3.12. The van der Waals surface area contributed by atoms with Gasteiger partial charge in [-0.15, -0.1) is 0 Å². The van der Waals surface area contributed by atoms with Crippen LogP contribution in [0.3, 0.4) is 0 Å². The second kappa shape index (κ2) is 8.19. The summed E-state index contributed by atoms with van der Waals surface area (Å²) in [5.74, 6) is 0.855. The van der Waals surface area contributed by atoms with Crippen molar-refractivity contribution in [2.45, 2.75) is 64.7 Å². The lowest BCUT2D eigenvalue weighted by Crippen LogP contribution is -1.97. The zero-order valence-electron chi connectivity index (χ0n) is 12.4. The van der Waals surface area contributed by atoms with Crippen molar-refractivity contribution in [3.05, 3.63) is 41.5 Å². The van der Waals surface area contributed by atoms with Gasteiger partial charge in [0.05, 0.1) is 0 Å². The van der Waals surface area contributed by atoms with Crippen LogP contribution < -0.4 is 0 Å². The summed E-state index contributed by atoms with van der Waals surface area (Å²) in [4.78, 5) is 0. The molecule has 0 heteroatoms. The molecule has 0 saturated heterocycles. The Morgan fingerprint density at radius 3 is 2.37 bits per heavy atom. The fraction of sp³-hybridized carbons (Fsp3) is 0.579. The molecule has 0 aliphatic heterocycles. The summed E-state index contributed by atoms with van der Waals surface area (Å²) in [5, 5.41) is 0. The standard InChI is InChI=1S/C19H28/c1-17-11-7-4-2-3-5-8-14-19(15-17)16-18-12-9-6-10-13-18/h6,9-10,12-13,16-17H,2-5,7-8,11,14-15H2,1H3. The third-order valence-electron chi connectivity index (χ3n) is 4.23. The van der Waals surface area contributed by atoms with E-state index >= 15 is 0 Å². The third-order valence-corrected chi connectivity index (χ3v) is 4.23. The van der Waals surface area contributed by atoms with Crippen LogP contribution in [0.5, 0.6) is 0 Å². The zero-order valence-corrected chi connectivity index (χ0v) is 12.4. The van der Waals surface area contributed by atoms with Gasteiger partial charge in [-0.25, -0.2) is 0 Å². The first-order chi connectivity index (χ1) is 9.34. The van der Waals surface area contributed by atoms with E-state index in [2.05, 4.69) is 43.3 Å². The Balaban J connectivity index is 2.03. The molecule has 0 aromatic heterocycles. The highest BCUT2D eigenvalue weighted by atomic mass is 14.1. The Labute approximate surface area is 118 Å². The van der Waals surface area contributed by atoms with E-state index in [1.165, 1.54) is 63.4 Å². The number of hydrogen-bond acceptors (Lipinski definition) is 0. The van der Waals surface area contributed by atoms with Crippen LogP contribution in [-0.2, 0) is 0 Å². The van der Waals surface area contributed by atoms with Gasteiger partial charge in [0.2, 0.25) is 0 Å². The van der Waals surface area contributed by atoms with Crippen LogP contribution in [0.25, 0.3) is 6.08 Å². The van der Waals surface area contributed by atoms with Gasteiger partial charge in [0.15, 0.2) is 0 Å². The van der Waals surface area contributed by atoms with Crippen molar-refractivity contribution >= 4 is 6.08 Å². The first kappa shape index (κ1) is 14.4. The van der Waals surface area contributed by atoms with Crippen molar-refractivity contribution in [1.29, 1.82) is 0 Å². The maximum atomic E-state index is 2.44. The quantitative estimate of drug-likeness (QED) is 0.558. The smallest absolute Gasteiger partial charge is 0.0257 e. The highest BCUT2D eigenvalue weighted by Gasteiger charge is 2.08. The summed E-state index contributed by atoms with van der Waals surface area (Å²) in [5.41, 5.74) is 3.04. The first-order valence-electron chi connectivity index (χ1n) is 8.09. The summed E-state index contributed by atoms with van der Waals surface area (Å²) in [6.07, 6.45) is 15.0. The van der Waals surface area contributed by atoms with Gasteiger partial charge in [-0.3, -0.25) is 0 Å². The van der Waals surface area contributed by atoms with Crippen molar-refractivity contribution in [2.75, 3.05) is 0 Å². The molecule has 104 valence electrons. The highest BCUT2D eigenvalue weighted by molar-refractivity contribution is 5.52. The minimum atomic E-state index is 0.855. The second-order valence-electron chi connectivity index (χ2n) is 6.18. The molecule has 0 heterocycles. The van der Waals surface area contributed by atoms with Crippen LogP contribution in [0.4, 0.5) is 0 Å². The van der Waals surface area contributed by atoms with Crippen molar-refractivity contribution in [3.63, 3.8) is 0 Å². The van der Waals surface area contributed by atoms with E-state index < -0.39 is 0 Å². The van der Waals surface area contributed by atoms with Gasteiger partial charge in [0.25, 0.3) is 0 Å². The molecular formula is C19H28. The van der Waals surface area contributed by atoms with Gasteiger partial charge in [-0.2, -0.15) is 0 Å². The van der Waals surface area contributed by atoms with Crippen molar-refractivity contribution in [1.82, 2.24) is 0 Å². The molecular weight excluding hydrogens is 228 g/mol. The van der Waals surface area contributed by atoms with Gasteiger partial charge in [-0.05, 0) is 30.7 Å². The van der Waals surface area contributed by atoms with Gasteiger partial charge < -0.3 is 0 Å². The molecule has 0 nitrogen and oxygen atoms in total. The summed E-state index contributed by atoms with van der Waals surface area (Å²) >= 11 is 0. The van der Waals surface area contributed by atoms with E-state index in [0.717, 1.165) is 5.92 Å². The minimum absolute atomic E-state index is 0.855. The Hall–Kier alpha value is -1.04. The average molecular weight is 256 g/mol. The lowest BCUT2D eigenvalue weighted by molar-refractivity contribution is 0.486. The van der Waals surface area contributed by atoms with E-state index in [0.29, 0.717) is 0 Å². The van der Waals surface area contributed by atoms with Gasteiger partial charge in [0, 0.05) is 0 Å². The number of rotatable bonds is 1. The Kier molecular flexibility index (Phi) is 6.20. The Bertz CT molecular complexity index is 374. The molecule has 19 heavy (non-hydrogen) atoms. The van der Waals surface area contributed by atoms with E-state index in [4.69, 9.17) is 0 Å². The molecule has 1 aromatic carbocycles. The predicted octanol–water partition coefficient (Wildman–Crippen LogP) is 6.23. The SMILES string of the molecule is CC1CCCCCCCCC(=Cc2ccccc2)C1. The largest absolute Gasteiger partial charge is 0.0694 e. The molecule has 1 aliphatic rings. The maximum Gasteiger partial charge on any atom is -0.0257 e. The number of allylic oxidation sites excluding steroid dienone is 1. The monoisotopic (exact) mass is 256 g/mol. The molecule has 1 aromatic rings. The summed E-state index contributed by atoms with van der Waals surface area (Å²) < 4.78 is 0. The van der Waals surface area contributed by atoms with Crippen molar-refractivity contribution in [2.24, 2.45) is 5.92 Å². The van der Waals surface area contributed by atoms with Crippen LogP contribution in [0.2, 0.25) is 0 Å². The molecule has 2 rings (SSSR count). The Morgan fingerprint density at radius 1 is 0.895 bits per heavy atom. The lowest BCUT2D eigenvalue weighted by atomic mass is 9.92. The van der Waals surface area contributed by atoms with Crippen LogP contribution in [0, 0.1) is 5.92 Å². The molecule has 0 bridgehead atoms. The Morgan fingerprint density at radius 2 is 1.58 bits per heavy atom. The van der Waals surface area contributed by atoms with E-state index in [1.807, 2.05) is 0 Å². The molecule has 1 saturated carbocycles. The molecule has 0 radical (unpaired) electrons. The van der Waals surface area contributed by atoms with E-state index in [-0.39, 0.29) is 0 Å². The lowest BCUT2D eigenvalue weighted by Gasteiger charge is -2.13. The average Bonchev–Trinajstić information content (AvgIpc) is 2.46. The highest BCUT2D eigenvalue weighted by Crippen LogP contribution is 2.26. The summed E-state index contributed by atoms with van der Waals surface area (Å²) in [6, 6.07) is 10.8. The summed E-state index contributed by atoms with van der Waals surface area (Å²) in [6.45, 7) is 2.43. The fourth-order valence-corrected chi connectivity index (χ4v) is 3.12. The molecule has 1 aliphatic carbocycles.